The summed E-state index contributed by atoms with van der Waals surface area (Å²) >= 11 is 0. The highest BCUT2D eigenvalue weighted by Gasteiger charge is 2.62. The van der Waals surface area contributed by atoms with E-state index in [4.69, 9.17) is 4.74 Å². The summed E-state index contributed by atoms with van der Waals surface area (Å²) in [6.07, 6.45) is 9.89. The second kappa shape index (κ2) is 5.34. The van der Waals surface area contributed by atoms with Crippen molar-refractivity contribution in [3.63, 3.8) is 0 Å². The molecule has 0 spiro atoms. The normalized spacial score (nSPS) is 47.9. The Hall–Kier alpha value is -0.340. The van der Waals surface area contributed by atoms with Crippen molar-refractivity contribution in [2.75, 3.05) is 6.61 Å². The molecule has 1 aliphatic heterocycles. The van der Waals surface area contributed by atoms with Crippen LogP contribution in [0.2, 0.25) is 0 Å². The van der Waals surface area contributed by atoms with Crippen LogP contribution in [0.15, 0.2) is 11.6 Å². The Kier molecular flexibility index (Phi) is 4.01. The Bertz CT molecular complexity index is 466. The van der Waals surface area contributed by atoms with Crippen molar-refractivity contribution in [3.8, 4) is 0 Å². The molecule has 0 unspecified atom stereocenters. The number of aliphatic hydroxyl groups excluding tert-OH is 1. The van der Waals surface area contributed by atoms with E-state index in [1.807, 2.05) is 6.08 Å². The Morgan fingerprint density at radius 2 is 1.86 bits per heavy atom. The average Bonchev–Trinajstić information content (AvgIpc) is 2.77. The van der Waals surface area contributed by atoms with Gasteiger partial charge >= 0.3 is 0 Å². The summed E-state index contributed by atoms with van der Waals surface area (Å²) in [5.74, 6) is 1.49. The highest BCUT2D eigenvalue weighted by Crippen LogP contribution is 2.65. The van der Waals surface area contributed by atoms with Crippen LogP contribution < -0.4 is 0 Å². The Balaban J connectivity index is 1.91. The van der Waals surface area contributed by atoms with E-state index in [1.165, 1.54) is 37.7 Å². The molecule has 3 rings (SSSR count). The first kappa shape index (κ1) is 16.5. The molecule has 3 aliphatic rings. The maximum absolute atomic E-state index is 9.19. The Morgan fingerprint density at radius 1 is 1.14 bits per heavy atom. The topological polar surface area (TPSA) is 29.5 Å². The molecule has 0 radical (unpaired) electrons. The van der Waals surface area contributed by atoms with Gasteiger partial charge in [-0.25, -0.2) is 0 Å². The van der Waals surface area contributed by atoms with E-state index in [0.717, 1.165) is 12.3 Å². The lowest BCUT2D eigenvalue weighted by Gasteiger charge is -2.60. The number of fused-ring (bicyclic) bond motifs is 3. The summed E-state index contributed by atoms with van der Waals surface area (Å²) in [6.45, 7) is 12.1. The second-order valence-corrected chi connectivity index (χ2v) is 9.28. The van der Waals surface area contributed by atoms with Crippen molar-refractivity contribution in [1.82, 2.24) is 0 Å². The summed E-state index contributed by atoms with van der Waals surface area (Å²) in [6, 6.07) is 0. The minimum absolute atomic E-state index is 0.0356. The predicted octanol–water partition coefficient (Wildman–Crippen LogP) is 4.72. The lowest BCUT2D eigenvalue weighted by atomic mass is 9.45. The van der Waals surface area contributed by atoms with Gasteiger partial charge in [0.2, 0.25) is 0 Å². The van der Waals surface area contributed by atoms with E-state index in [2.05, 4.69) is 34.6 Å². The SMILES string of the molecule is C/C(=C\CO)[C@H]1C[C@@H]2[C@@]3(C)CCCC(C)(C)[C@@H]3CC[C@@]2(C)O1. The van der Waals surface area contributed by atoms with Gasteiger partial charge in [-0.1, -0.05) is 33.3 Å². The second-order valence-electron chi connectivity index (χ2n) is 9.28. The zero-order valence-corrected chi connectivity index (χ0v) is 15.1. The fraction of sp³-hybridized carbons (Fsp3) is 0.900. The van der Waals surface area contributed by atoms with Crippen molar-refractivity contribution in [2.24, 2.45) is 22.7 Å². The summed E-state index contributed by atoms with van der Waals surface area (Å²) in [5, 5.41) is 9.19. The molecule has 0 aromatic carbocycles. The zero-order valence-electron chi connectivity index (χ0n) is 15.1. The molecule has 5 atom stereocenters. The third-order valence-electron chi connectivity index (χ3n) is 7.52. The number of hydrogen-bond acceptors (Lipinski definition) is 2. The van der Waals surface area contributed by atoms with Crippen LogP contribution in [-0.2, 0) is 4.74 Å². The third-order valence-corrected chi connectivity index (χ3v) is 7.52. The van der Waals surface area contributed by atoms with Crippen LogP contribution in [0.3, 0.4) is 0 Å². The van der Waals surface area contributed by atoms with E-state index in [1.54, 1.807) is 0 Å². The van der Waals surface area contributed by atoms with Crippen molar-refractivity contribution in [3.05, 3.63) is 11.6 Å². The molecule has 2 aliphatic carbocycles. The van der Waals surface area contributed by atoms with Gasteiger partial charge in [-0.2, -0.15) is 0 Å². The predicted molar refractivity (Wildman–Crippen MR) is 90.7 cm³/mol. The highest BCUT2D eigenvalue weighted by molar-refractivity contribution is 5.16. The van der Waals surface area contributed by atoms with Crippen LogP contribution in [0.1, 0.15) is 73.1 Å². The number of rotatable bonds is 2. The number of hydrogen-bond donors (Lipinski definition) is 1. The molecule has 1 N–H and O–H groups in total. The summed E-state index contributed by atoms with van der Waals surface area (Å²) in [7, 11) is 0. The van der Waals surface area contributed by atoms with E-state index in [9.17, 15) is 5.11 Å². The summed E-state index contributed by atoms with van der Waals surface area (Å²) < 4.78 is 6.57. The van der Waals surface area contributed by atoms with Gasteiger partial charge in [0.15, 0.2) is 0 Å². The van der Waals surface area contributed by atoms with Crippen LogP contribution >= 0.6 is 0 Å². The Morgan fingerprint density at radius 3 is 2.55 bits per heavy atom. The Labute approximate surface area is 136 Å². The molecule has 3 fully saturated rings. The van der Waals surface area contributed by atoms with Gasteiger partial charge in [0.05, 0.1) is 18.3 Å². The first-order valence-electron chi connectivity index (χ1n) is 9.18. The molecule has 1 heterocycles. The maximum atomic E-state index is 9.19. The average molecular weight is 306 g/mol. The van der Waals surface area contributed by atoms with Gasteiger partial charge in [-0.3, -0.25) is 0 Å². The smallest absolute Gasteiger partial charge is 0.0794 e. The molecule has 1 saturated heterocycles. The van der Waals surface area contributed by atoms with Crippen molar-refractivity contribution in [2.45, 2.75) is 84.8 Å². The minimum atomic E-state index is 0.0356. The molecule has 126 valence electrons. The molecule has 0 amide bonds. The molecule has 0 aromatic rings. The van der Waals surface area contributed by atoms with Crippen LogP contribution in [0.5, 0.6) is 0 Å². The fourth-order valence-electron chi connectivity index (χ4n) is 6.41. The first-order chi connectivity index (χ1) is 10.2. The zero-order chi connectivity index (χ0) is 16.2. The summed E-state index contributed by atoms with van der Waals surface area (Å²) in [5.41, 5.74) is 2.15. The minimum Gasteiger partial charge on any atom is -0.392 e. The van der Waals surface area contributed by atoms with Gasteiger partial charge in [-0.05, 0) is 74.2 Å². The van der Waals surface area contributed by atoms with Crippen LogP contribution in [0, 0.1) is 22.7 Å². The van der Waals surface area contributed by atoms with E-state index in [-0.39, 0.29) is 18.3 Å². The largest absolute Gasteiger partial charge is 0.392 e. The molecule has 2 saturated carbocycles. The van der Waals surface area contributed by atoms with Gasteiger partial charge < -0.3 is 9.84 Å². The molecule has 0 bridgehead atoms. The highest BCUT2D eigenvalue weighted by atomic mass is 16.5. The van der Waals surface area contributed by atoms with E-state index >= 15 is 0 Å². The van der Waals surface area contributed by atoms with Gasteiger partial charge in [0.1, 0.15) is 0 Å². The molecular weight excluding hydrogens is 272 g/mol. The van der Waals surface area contributed by atoms with Crippen molar-refractivity contribution in [1.29, 1.82) is 0 Å². The van der Waals surface area contributed by atoms with E-state index < -0.39 is 0 Å². The monoisotopic (exact) mass is 306 g/mol. The number of aliphatic hydroxyl groups is 1. The molecule has 2 heteroatoms. The van der Waals surface area contributed by atoms with Crippen molar-refractivity contribution < 1.29 is 9.84 Å². The molecule has 0 aromatic heterocycles. The van der Waals surface area contributed by atoms with E-state index in [0.29, 0.717) is 16.7 Å². The maximum Gasteiger partial charge on any atom is 0.0794 e. The van der Waals surface area contributed by atoms with Crippen LogP contribution in [-0.4, -0.2) is 23.4 Å². The fourth-order valence-corrected chi connectivity index (χ4v) is 6.41. The van der Waals surface area contributed by atoms with Crippen LogP contribution in [0.4, 0.5) is 0 Å². The standard InChI is InChI=1S/C20H34O2/c1-14(8-12-21)15-13-17-19(4)10-6-9-18(2,3)16(19)7-11-20(17,5)22-15/h8,15-17,21H,6-7,9-13H2,1-5H3/b14-8+/t15-,16+,17-,19+,20-/m1/s1. The lowest BCUT2D eigenvalue weighted by molar-refractivity contribution is -0.152. The lowest BCUT2D eigenvalue weighted by Crippen LogP contribution is -2.55. The summed E-state index contributed by atoms with van der Waals surface area (Å²) in [4.78, 5) is 0. The molecule has 2 nitrogen and oxygen atoms in total. The molecule has 22 heavy (non-hydrogen) atoms. The van der Waals surface area contributed by atoms with Gasteiger partial charge in [-0.15, -0.1) is 0 Å². The van der Waals surface area contributed by atoms with Crippen LogP contribution in [0.25, 0.3) is 0 Å². The van der Waals surface area contributed by atoms with Gasteiger partial charge in [0.25, 0.3) is 0 Å². The third kappa shape index (κ3) is 2.38. The van der Waals surface area contributed by atoms with Gasteiger partial charge in [0, 0.05) is 0 Å². The molecular formula is C20H34O2. The first-order valence-corrected chi connectivity index (χ1v) is 9.18. The quantitative estimate of drug-likeness (QED) is 0.748. The number of ether oxygens (including phenoxy) is 1. The van der Waals surface area contributed by atoms with Crippen molar-refractivity contribution >= 4 is 0 Å².